The summed E-state index contributed by atoms with van der Waals surface area (Å²) in [6, 6.07) is 19.3. The molecule has 36 heavy (non-hydrogen) atoms. The molecule has 1 atom stereocenters. The smallest absolute Gasteiger partial charge is 0.258 e. The second kappa shape index (κ2) is 9.50. The highest BCUT2D eigenvalue weighted by Crippen LogP contribution is 2.49. The zero-order valence-electron chi connectivity index (χ0n) is 21.5. The molecule has 188 valence electrons. The van der Waals surface area contributed by atoms with Gasteiger partial charge in [-0.05, 0) is 57.1 Å². The van der Waals surface area contributed by atoms with E-state index in [1.54, 1.807) is 11.8 Å². The SMILES string of the molecule is CC1(C)CC(n2c(SCc3ccccc3)nc3c(c2=O)C2(CCCCC2)Cc2ccccc2-3)CCO1. The fraction of sp³-hybridized carbons (Fsp3) is 0.484. The number of benzene rings is 2. The van der Waals surface area contributed by atoms with Crippen molar-refractivity contribution in [3.8, 4) is 11.3 Å². The number of fused-ring (bicyclic) bond motifs is 4. The predicted octanol–water partition coefficient (Wildman–Crippen LogP) is 7.09. The van der Waals surface area contributed by atoms with Gasteiger partial charge < -0.3 is 4.74 Å². The maximum atomic E-state index is 14.7. The Hall–Kier alpha value is -2.37. The Bertz CT molecular complexity index is 1310. The quantitative estimate of drug-likeness (QED) is 0.283. The van der Waals surface area contributed by atoms with Crippen LogP contribution >= 0.6 is 11.8 Å². The lowest BCUT2D eigenvalue weighted by molar-refractivity contribution is -0.0710. The van der Waals surface area contributed by atoms with Crippen LogP contribution in [0.4, 0.5) is 0 Å². The monoisotopic (exact) mass is 500 g/mol. The lowest BCUT2D eigenvalue weighted by atomic mass is 9.62. The normalized spacial score (nSPS) is 22.1. The van der Waals surface area contributed by atoms with Gasteiger partial charge in [-0.2, -0.15) is 0 Å². The van der Waals surface area contributed by atoms with Crippen LogP contribution in [0.25, 0.3) is 11.3 Å². The van der Waals surface area contributed by atoms with Gasteiger partial charge in [0.1, 0.15) is 0 Å². The Labute approximate surface area is 218 Å². The van der Waals surface area contributed by atoms with Gasteiger partial charge in [0.05, 0.1) is 16.9 Å². The molecule has 4 nitrogen and oxygen atoms in total. The van der Waals surface area contributed by atoms with E-state index in [0.29, 0.717) is 6.61 Å². The van der Waals surface area contributed by atoms with Gasteiger partial charge in [-0.25, -0.2) is 4.98 Å². The van der Waals surface area contributed by atoms with Gasteiger partial charge in [-0.3, -0.25) is 9.36 Å². The molecule has 2 heterocycles. The molecule has 0 bridgehead atoms. The molecule has 1 saturated heterocycles. The van der Waals surface area contributed by atoms with E-state index in [9.17, 15) is 4.79 Å². The first-order valence-corrected chi connectivity index (χ1v) is 14.5. The third kappa shape index (κ3) is 4.35. The third-order valence-corrected chi connectivity index (χ3v) is 9.50. The molecule has 2 aliphatic carbocycles. The molecule has 2 fully saturated rings. The van der Waals surface area contributed by atoms with Gasteiger partial charge in [0.25, 0.3) is 5.56 Å². The number of aromatic nitrogens is 2. The fourth-order valence-corrected chi connectivity index (χ4v) is 7.78. The number of hydrogen-bond acceptors (Lipinski definition) is 4. The standard InChI is InChI=1S/C31H36N2O2S/c1-30(2)20-24(15-18-35-30)33-28(34)26-27(32-29(33)36-21-22-11-5-3-6-12-22)25-14-8-7-13-23(25)19-31(26)16-9-4-10-17-31/h3,5-8,11-14,24H,4,9-10,15-21H2,1-2H3. The number of rotatable bonds is 4. The molecule has 2 aromatic carbocycles. The van der Waals surface area contributed by atoms with Crippen molar-refractivity contribution < 1.29 is 4.74 Å². The molecular formula is C31H36N2O2S. The van der Waals surface area contributed by atoms with E-state index < -0.39 is 0 Å². The van der Waals surface area contributed by atoms with Crippen LogP contribution < -0.4 is 5.56 Å². The first kappa shape index (κ1) is 24.0. The zero-order chi connectivity index (χ0) is 24.8. The van der Waals surface area contributed by atoms with Crippen molar-refractivity contribution in [1.29, 1.82) is 0 Å². The Morgan fingerprint density at radius 3 is 2.56 bits per heavy atom. The molecular weight excluding hydrogens is 464 g/mol. The van der Waals surface area contributed by atoms with Crippen LogP contribution in [0.5, 0.6) is 0 Å². The van der Waals surface area contributed by atoms with Gasteiger partial charge in [-0.1, -0.05) is 85.6 Å². The van der Waals surface area contributed by atoms with Crippen molar-refractivity contribution in [3.63, 3.8) is 0 Å². The highest BCUT2D eigenvalue weighted by Gasteiger charge is 2.44. The molecule has 3 aliphatic rings. The van der Waals surface area contributed by atoms with Crippen molar-refractivity contribution in [2.24, 2.45) is 0 Å². The van der Waals surface area contributed by atoms with E-state index in [-0.39, 0.29) is 22.6 Å². The molecule has 1 saturated carbocycles. The van der Waals surface area contributed by atoms with Crippen LogP contribution in [-0.2, 0) is 22.3 Å². The Morgan fingerprint density at radius 1 is 1.03 bits per heavy atom. The second-order valence-corrected chi connectivity index (χ2v) is 12.4. The molecule has 0 radical (unpaired) electrons. The maximum Gasteiger partial charge on any atom is 0.258 e. The number of thioether (sulfide) groups is 1. The van der Waals surface area contributed by atoms with Gasteiger partial charge in [0, 0.05) is 29.4 Å². The first-order valence-electron chi connectivity index (χ1n) is 13.5. The minimum Gasteiger partial charge on any atom is -0.375 e. The Morgan fingerprint density at radius 2 is 1.78 bits per heavy atom. The van der Waals surface area contributed by atoms with Crippen LogP contribution in [0.15, 0.2) is 64.5 Å². The van der Waals surface area contributed by atoms with E-state index in [1.807, 2.05) is 6.07 Å². The topological polar surface area (TPSA) is 44.1 Å². The van der Waals surface area contributed by atoms with Gasteiger partial charge >= 0.3 is 0 Å². The first-order chi connectivity index (χ1) is 17.5. The van der Waals surface area contributed by atoms with Gasteiger partial charge in [-0.15, -0.1) is 0 Å². The molecule has 5 heteroatoms. The molecule has 6 rings (SSSR count). The highest BCUT2D eigenvalue weighted by molar-refractivity contribution is 7.98. The minimum absolute atomic E-state index is 0.0862. The van der Waals surface area contributed by atoms with E-state index >= 15 is 0 Å². The molecule has 1 aromatic heterocycles. The summed E-state index contributed by atoms with van der Waals surface area (Å²) in [5, 5.41) is 0.855. The summed E-state index contributed by atoms with van der Waals surface area (Å²) in [5.74, 6) is 0.797. The second-order valence-electron chi connectivity index (χ2n) is 11.5. The summed E-state index contributed by atoms with van der Waals surface area (Å²) in [6.45, 7) is 4.97. The van der Waals surface area contributed by atoms with Crippen LogP contribution in [0.1, 0.15) is 81.5 Å². The summed E-state index contributed by atoms with van der Waals surface area (Å²) in [5.41, 5.74) is 5.57. The van der Waals surface area contributed by atoms with Crippen LogP contribution in [0, 0.1) is 0 Å². The lowest BCUT2D eigenvalue weighted by Gasteiger charge is -2.43. The lowest BCUT2D eigenvalue weighted by Crippen LogP contribution is -2.45. The summed E-state index contributed by atoms with van der Waals surface area (Å²) in [7, 11) is 0. The van der Waals surface area contributed by atoms with Crippen molar-refractivity contribution in [2.45, 2.75) is 93.2 Å². The van der Waals surface area contributed by atoms with Crippen molar-refractivity contribution in [1.82, 2.24) is 9.55 Å². The van der Waals surface area contributed by atoms with Gasteiger partial charge in [0.2, 0.25) is 0 Å². The molecule has 0 amide bonds. The Kier molecular flexibility index (Phi) is 6.33. The third-order valence-electron chi connectivity index (χ3n) is 8.47. The van der Waals surface area contributed by atoms with Crippen molar-refractivity contribution >= 4 is 11.8 Å². The van der Waals surface area contributed by atoms with Crippen LogP contribution in [0.2, 0.25) is 0 Å². The Balaban J connectivity index is 1.54. The summed E-state index contributed by atoms with van der Waals surface area (Å²) < 4.78 is 8.14. The van der Waals surface area contributed by atoms with E-state index in [4.69, 9.17) is 9.72 Å². The summed E-state index contributed by atoms with van der Waals surface area (Å²) in [4.78, 5) is 20.1. The molecule has 3 aromatic rings. The van der Waals surface area contributed by atoms with Crippen molar-refractivity contribution in [3.05, 3.63) is 81.6 Å². The van der Waals surface area contributed by atoms with Crippen LogP contribution in [0.3, 0.4) is 0 Å². The van der Waals surface area contributed by atoms with Gasteiger partial charge in [0.15, 0.2) is 5.16 Å². The maximum absolute atomic E-state index is 14.7. The highest BCUT2D eigenvalue weighted by atomic mass is 32.2. The van der Waals surface area contributed by atoms with E-state index in [1.165, 1.54) is 30.4 Å². The molecule has 0 N–H and O–H groups in total. The predicted molar refractivity (Wildman–Crippen MR) is 147 cm³/mol. The average molecular weight is 501 g/mol. The summed E-state index contributed by atoms with van der Waals surface area (Å²) >= 11 is 1.70. The fourth-order valence-electron chi connectivity index (χ4n) is 6.77. The minimum atomic E-state index is -0.241. The van der Waals surface area contributed by atoms with Crippen molar-refractivity contribution in [2.75, 3.05) is 6.61 Å². The van der Waals surface area contributed by atoms with E-state index in [0.717, 1.165) is 59.8 Å². The van der Waals surface area contributed by atoms with E-state index in [2.05, 4.69) is 66.9 Å². The van der Waals surface area contributed by atoms with Crippen LogP contribution in [-0.4, -0.2) is 21.8 Å². The largest absolute Gasteiger partial charge is 0.375 e. The molecule has 1 spiro atoms. The molecule has 1 aliphatic heterocycles. The number of nitrogens with zero attached hydrogens (tertiary/aromatic N) is 2. The molecule has 1 unspecified atom stereocenters. The zero-order valence-corrected chi connectivity index (χ0v) is 22.3. The summed E-state index contributed by atoms with van der Waals surface area (Å²) in [6.07, 6.45) is 8.46. The number of ether oxygens (including phenoxy) is 1. The average Bonchev–Trinajstić information content (AvgIpc) is 2.88. The number of hydrogen-bond donors (Lipinski definition) is 0.